The predicted octanol–water partition coefficient (Wildman–Crippen LogP) is 4.22. The van der Waals surface area contributed by atoms with Crippen LogP contribution in [-0.2, 0) is 57.9 Å². The molecule has 65 heavy (non-hydrogen) atoms. The largest absolute Gasteiger partial charge is 0.445 e. The maximum atomic E-state index is 13.6. The Kier molecular flexibility index (Phi) is 27.9. The molecule has 0 unspecified atom stereocenters. The maximum Gasteiger partial charge on any atom is 0.407 e. The van der Waals surface area contributed by atoms with Gasteiger partial charge in [0.2, 0.25) is 11.8 Å². The summed E-state index contributed by atoms with van der Waals surface area (Å²) in [6, 6.07) is 3.89. The third kappa shape index (κ3) is 27.4. The summed E-state index contributed by atoms with van der Waals surface area (Å²) in [7, 11) is 0. The summed E-state index contributed by atoms with van der Waals surface area (Å²) in [4.78, 5) is 69.3. The predicted molar refractivity (Wildman–Crippen MR) is 254 cm³/mol. The highest BCUT2D eigenvalue weighted by Crippen LogP contribution is 2.24. The Hall–Kier alpha value is -4.64. The molecule has 0 aliphatic carbocycles. The van der Waals surface area contributed by atoms with E-state index in [0.29, 0.717) is 79.7 Å². The second-order valence-corrected chi connectivity index (χ2v) is 19.8. The monoisotopic (exact) mass is 952 g/mol. The molecule has 22 heteroatoms. The Balaban J connectivity index is 1.88. The van der Waals surface area contributed by atoms with Crippen LogP contribution < -0.4 is 32.3 Å². The number of nitrogens with one attached hydrogen (secondary N) is 5. The van der Waals surface area contributed by atoms with E-state index in [1.54, 1.807) is 72.5 Å². The van der Waals surface area contributed by atoms with E-state index >= 15 is 0 Å². The molecule has 366 valence electrons. The first-order valence-electron chi connectivity index (χ1n) is 21.9. The van der Waals surface area contributed by atoms with Gasteiger partial charge in [0, 0.05) is 35.1 Å². The molecule has 0 aliphatic heterocycles. The van der Waals surface area contributed by atoms with Crippen molar-refractivity contribution in [2.45, 2.75) is 116 Å². The lowest BCUT2D eigenvalue weighted by Gasteiger charge is -2.25. The van der Waals surface area contributed by atoms with Gasteiger partial charge in [-0.3, -0.25) is 14.4 Å². The molecule has 0 radical (unpaired) electrons. The number of nitrogens with zero attached hydrogens (tertiary/aromatic N) is 4. The van der Waals surface area contributed by atoms with Gasteiger partial charge < -0.3 is 56.1 Å². The van der Waals surface area contributed by atoms with Crippen molar-refractivity contribution in [3.63, 3.8) is 0 Å². The first-order valence-corrected chi connectivity index (χ1v) is 24.0. The second kappa shape index (κ2) is 32.1. The van der Waals surface area contributed by atoms with Crippen molar-refractivity contribution in [1.29, 1.82) is 0 Å². The van der Waals surface area contributed by atoms with Crippen LogP contribution in [0.1, 0.15) is 85.9 Å². The molecule has 1 aromatic carbocycles. The molecule has 1 heterocycles. The molecule has 0 aliphatic rings. The zero-order valence-electron chi connectivity index (χ0n) is 39.3. The number of primary amides is 1. The number of thioether (sulfide) groups is 2. The fourth-order valence-electron chi connectivity index (χ4n) is 5.29. The SMILES string of the molecule is CCCOCCOCCOCCn1cc(CNC(=O)OCc2ccc(NC(=O)[C@H](CCCNC(N)=O)NC(=O)[C@@H](NC(=O)CO/N=C(\CSC(C)C)CSC(C)(C)C)C(C)C)cc2)nn1. The lowest BCUT2D eigenvalue weighted by Crippen LogP contribution is -2.55. The van der Waals surface area contributed by atoms with E-state index in [4.69, 9.17) is 29.5 Å². The van der Waals surface area contributed by atoms with Crippen molar-refractivity contribution in [3.05, 3.63) is 41.7 Å². The van der Waals surface area contributed by atoms with Crippen LogP contribution in [0.2, 0.25) is 0 Å². The minimum absolute atomic E-state index is 0.0264. The standard InChI is InChI=1S/C43H72N10O10S2/c1-9-18-59-20-22-61-23-21-60-19-17-53-25-34(50-52-53)24-46-42(58)62-26-32-12-14-33(15-13-32)47-39(55)36(11-10-16-45-41(44)57)48-40(56)38(30(2)3)49-37(54)27-63-51-35(28-64-31(4)5)29-65-43(6,7)8/h12-15,25,30-31,36,38H,9-11,16-24,26-29H2,1-8H3,(H,46,58)(H,47,55)(H,48,56)(H,49,54)(H3,44,45,57)/b51-35+/t36-,38-/m0/s1. The van der Waals surface area contributed by atoms with Gasteiger partial charge in [0.25, 0.3) is 5.91 Å². The molecule has 20 nitrogen and oxygen atoms in total. The van der Waals surface area contributed by atoms with Crippen LogP contribution in [0.15, 0.2) is 35.6 Å². The molecule has 0 spiro atoms. The van der Waals surface area contributed by atoms with Gasteiger partial charge in [-0.2, -0.15) is 11.8 Å². The van der Waals surface area contributed by atoms with Crippen LogP contribution in [-0.4, -0.2) is 137 Å². The number of anilines is 1. The summed E-state index contributed by atoms with van der Waals surface area (Å²) < 4.78 is 23.4. The van der Waals surface area contributed by atoms with Crippen molar-refractivity contribution in [3.8, 4) is 0 Å². The summed E-state index contributed by atoms with van der Waals surface area (Å²) in [5, 5.41) is 26.2. The number of hydrogen-bond donors (Lipinski definition) is 6. The van der Waals surface area contributed by atoms with Gasteiger partial charge in [-0.1, -0.05) is 77.9 Å². The minimum atomic E-state index is -1.04. The molecular weight excluding hydrogens is 881 g/mol. The number of benzene rings is 1. The van der Waals surface area contributed by atoms with Crippen LogP contribution in [0.25, 0.3) is 0 Å². The quantitative estimate of drug-likeness (QED) is 0.0333. The molecule has 0 saturated carbocycles. The third-order valence-corrected chi connectivity index (χ3v) is 11.2. The fraction of sp³-hybridized carbons (Fsp3) is 0.674. The zero-order valence-corrected chi connectivity index (χ0v) is 40.9. The van der Waals surface area contributed by atoms with Crippen molar-refractivity contribution in [1.82, 2.24) is 36.3 Å². The number of amides is 6. The number of nitrogens with two attached hydrogens (primary N) is 1. The lowest BCUT2D eigenvalue weighted by atomic mass is 10.0. The van der Waals surface area contributed by atoms with Crippen LogP contribution in [0.5, 0.6) is 0 Å². The highest BCUT2D eigenvalue weighted by molar-refractivity contribution is 8.02. The van der Waals surface area contributed by atoms with Gasteiger partial charge in [-0.15, -0.1) is 16.9 Å². The number of carbonyl (C=O) groups is 5. The third-order valence-electron chi connectivity index (χ3n) is 8.66. The minimum Gasteiger partial charge on any atom is -0.445 e. The molecule has 0 bridgehead atoms. The number of urea groups is 1. The summed E-state index contributed by atoms with van der Waals surface area (Å²) in [5.41, 5.74) is 7.64. The number of aromatic nitrogens is 3. The highest BCUT2D eigenvalue weighted by Gasteiger charge is 2.29. The van der Waals surface area contributed by atoms with E-state index in [9.17, 15) is 24.0 Å². The first kappa shape index (κ1) is 56.5. The number of ether oxygens (including phenoxy) is 4. The zero-order chi connectivity index (χ0) is 48.0. The maximum absolute atomic E-state index is 13.6. The van der Waals surface area contributed by atoms with Gasteiger partial charge in [0.15, 0.2) is 6.61 Å². The Labute approximate surface area is 392 Å². The van der Waals surface area contributed by atoms with E-state index in [-0.39, 0.29) is 36.8 Å². The van der Waals surface area contributed by atoms with Gasteiger partial charge in [0.1, 0.15) is 24.4 Å². The van der Waals surface area contributed by atoms with Crippen molar-refractivity contribution in [2.24, 2.45) is 16.8 Å². The molecule has 2 aromatic rings. The smallest absolute Gasteiger partial charge is 0.407 e. The van der Waals surface area contributed by atoms with Crippen LogP contribution in [0.3, 0.4) is 0 Å². The number of alkyl carbamates (subject to hydrolysis) is 1. The topological polar surface area (TPSA) is 261 Å². The molecule has 2 atom stereocenters. The fourth-order valence-corrected chi connectivity index (χ4v) is 6.85. The van der Waals surface area contributed by atoms with E-state index in [0.717, 1.165) is 18.7 Å². The van der Waals surface area contributed by atoms with E-state index in [1.807, 2.05) is 0 Å². The Bertz CT molecular complexity index is 1740. The van der Waals surface area contributed by atoms with Crippen LogP contribution in [0, 0.1) is 5.92 Å². The Morgan fingerprint density at radius 3 is 2.18 bits per heavy atom. The molecule has 0 fully saturated rings. The van der Waals surface area contributed by atoms with Crippen LogP contribution in [0.4, 0.5) is 15.3 Å². The van der Waals surface area contributed by atoms with E-state index in [1.165, 1.54) is 0 Å². The molecule has 6 amide bonds. The normalized spacial score (nSPS) is 12.7. The number of oxime groups is 1. The average Bonchev–Trinajstić information content (AvgIpc) is 3.71. The van der Waals surface area contributed by atoms with E-state index < -0.39 is 48.5 Å². The van der Waals surface area contributed by atoms with Gasteiger partial charge in [0.05, 0.1) is 58.0 Å². The second-order valence-electron chi connectivity index (χ2n) is 16.4. The van der Waals surface area contributed by atoms with Gasteiger partial charge >= 0.3 is 12.1 Å². The Morgan fingerprint density at radius 1 is 0.877 bits per heavy atom. The number of rotatable bonds is 33. The molecule has 1 aromatic heterocycles. The highest BCUT2D eigenvalue weighted by atomic mass is 32.2. The number of hydrogen-bond acceptors (Lipinski definition) is 15. The molecule has 0 saturated heterocycles. The molecule has 2 rings (SSSR count). The summed E-state index contributed by atoms with van der Waals surface area (Å²) in [6.07, 6.45) is 2.49. The van der Waals surface area contributed by atoms with Crippen molar-refractivity contribution < 1.29 is 47.8 Å². The summed E-state index contributed by atoms with van der Waals surface area (Å²) in [6.45, 7) is 19.6. The number of carbonyl (C=O) groups excluding carboxylic acids is 5. The lowest BCUT2D eigenvalue weighted by molar-refractivity contribution is -0.133. The molecular formula is C43H72N10O10S2. The van der Waals surface area contributed by atoms with Gasteiger partial charge in [-0.25, -0.2) is 14.3 Å². The Morgan fingerprint density at radius 2 is 1.55 bits per heavy atom. The average molecular weight is 953 g/mol. The van der Waals surface area contributed by atoms with Crippen molar-refractivity contribution in [2.75, 3.05) is 69.6 Å². The molecule has 7 N–H and O–H groups in total. The van der Waals surface area contributed by atoms with Crippen LogP contribution >= 0.6 is 23.5 Å². The first-order chi connectivity index (χ1) is 30.9. The summed E-state index contributed by atoms with van der Waals surface area (Å²) >= 11 is 3.46. The van der Waals surface area contributed by atoms with Crippen molar-refractivity contribution >= 4 is 64.8 Å². The van der Waals surface area contributed by atoms with Gasteiger partial charge in [-0.05, 0) is 48.1 Å². The van der Waals surface area contributed by atoms with E-state index in [2.05, 4.69) is 83.6 Å². The summed E-state index contributed by atoms with van der Waals surface area (Å²) in [5.74, 6) is -0.667.